The Bertz CT molecular complexity index is 609. The molecule has 0 amide bonds. The van der Waals surface area contributed by atoms with Crippen LogP contribution in [0.3, 0.4) is 0 Å². The Labute approximate surface area is 119 Å². The molecule has 2 rings (SSSR count). The van der Waals surface area contributed by atoms with E-state index in [-0.39, 0.29) is 5.41 Å². The van der Waals surface area contributed by atoms with Crippen LogP contribution in [-0.2, 0) is 12.0 Å². The van der Waals surface area contributed by atoms with E-state index < -0.39 is 0 Å². The van der Waals surface area contributed by atoms with E-state index >= 15 is 0 Å². The molecule has 4 nitrogen and oxygen atoms in total. The maximum atomic E-state index is 5.81. The third kappa shape index (κ3) is 2.56. The highest BCUT2D eigenvalue weighted by atomic mass is 16.5. The number of benzene rings is 1. The molecule has 1 heterocycles. The summed E-state index contributed by atoms with van der Waals surface area (Å²) in [5.74, 6) is 1.47. The Hall–Kier alpha value is -1.81. The van der Waals surface area contributed by atoms with Gasteiger partial charge in [0.1, 0.15) is 5.75 Å². The molecule has 0 radical (unpaired) electrons. The molecule has 0 aliphatic heterocycles. The molecule has 0 unspecified atom stereocenters. The first-order valence-electron chi connectivity index (χ1n) is 6.72. The molecule has 1 aromatic heterocycles. The lowest BCUT2D eigenvalue weighted by Crippen LogP contribution is -2.11. The number of nitrogens with two attached hydrogens (primary N) is 1. The van der Waals surface area contributed by atoms with E-state index in [0.717, 1.165) is 22.6 Å². The highest BCUT2D eigenvalue weighted by Gasteiger charge is 2.21. The predicted molar refractivity (Wildman–Crippen MR) is 79.8 cm³/mol. The number of hydrogen-bond acceptors (Lipinski definition) is 4. The van der Waals surface area contributed by atoms with Crippen LogP contribution >= 0.6 is 0 Å². The highest BCUT2D eigenvalue weighted by molar-refractivity contribution is 5.70. The van der Waals surface area contributed by atoms with Crippen LogP contribution in [0.4, 0.5) is 0 Å². The second-order valence-electron chi connectivity index (χ2n) is 5.94. The van der Waals surface area contributed by atoms with Crippen LogP contribution in [0.15, 0.2) is 22.7 Å². The van der Waals surface area contributed by atoms with Crippen LogP contribution in [-0.4, -0.2) is 12.3 Å². The SMILES string of the molecule is COc1ccc(C(C)(C)C)cc1-c1onc(C)c1CN. The normalized spacial score (nSPS) is 11.7. The van der Waals surface area contributed by atoms with Crippen LogP contribution in [0, 0.1) is 6.92 Å². The molecule has 0 saturated heterocycles. The molecule has 0 fully saturated rings. The van der Waals surface area contributed by atoms with Gasteiger partial charge in [0.15, 0.2) is 5.76 Å². The maximum Gasteiger partial charge on any atom is 0.175 e. The van der Waals surface area contributed by atoms with Gasteiger partial charge >= 0.3 is 0 Å². The maximum absolute atomic E-state index is 5.81. The average Bonchev–Trinajstić information content (AvgIpc) is 2.77. The van der Waals surface area contributed by atoms with Gasteiger partial charge in [-0.25, -0.2) is 0 Å². The molecule has 2 aromatic rings. The second-order valence-corrected chi connectivity index (χ2v) is 5.94. The standard InChI is InChI=1S/C16H22N2O2/c1-10-13(9-17)15(20-18-10)12-8-11(16(2,3)4)6-7-14(12)19-5/h6-8H,9,17H2,1-5H3. The van der Waals surface area contributed by atoms with Gasteiger partial charge in [0.25, 0.3) is 0 Å². The number of methoxy groups -OCH3 is 1. The number of aryl methyl sites for hydroxylation is 1. The smallest absolute Gasteiger partial charge is 0.175 e. The van der Waals surface area contributed by atoms with Crippen molar-refractivity contribution in [1.82, 2.24) is 5.16 Å². The third-order valence-corrected chi connectivity index (χ3v) is 3.50. The summed E-state index contributed by atoms with van der Waals surface area (Å²) in [6.07, 6.45) is 0. The summed E-state index contributed by atoms with van der Waals surface area (Å²) in [6, 6.07) is 6.14. The Kier molecular flexibility index (Phi) is 3.86. The Morgan fingerprint density at radius 2 is 2.00 bits per heavy atom. The molecule has 1 aromatic carbocycles. The molecule has 0 aliphatic rings. The minimum absolute atomic E-state index is 0.0545. The number of nitrogens with zero attached hydrogens (tertiary/aromatic N) is 1. The summed E-state index contributed by atoms with van der Waals surface area (Å²) in [5.41, 5.74) is 9.73. The fraction of sp³-hybridized carbons (Fsp3) is 0.438. The zero-order valence-corrected chi connectivity index (χ0v) is 12.8. The van der Waals surface area contributed by atoms with Crippen LogP contribution in [0.1, 0.15) is 37.6 Å². The molecule has 4 heteroatoms. The topological polar surface area (TPSA) is 61.3 Å². The van der Waals surface area contributed by atoms with Gasteiger partial charge in [0, 0.05) is 12.1 Å². The first kappa shape index (κ1) is 14.6. The second kappa shape index (κ2) is 5.29. The van der Waals surface area contributed by atoms with Gasteiger partial charge in [-0.05, 0) is 30.0 Å². The minimum Gasteiger partial charge on any atom is -0.496 e. The van der Waals surface area contributed by atoms with E-state index in [2.05, 4.69) is 38.1 Å². The molecular formula is C16H22N2O2. The molecule has 0 saturated carbocycles. The number of hydrogen-bond donors (Lipinski definition) is 1. The van der Waals surface area contributed by atoms with Crippen molar-refractivity contribution in [2.75, 3.05) is 7.11 Å². The zero-order chi connectivity index (χ0) is 14.9. The van der Waals surface area contributed by atoms with E-state index in [1.54, 1.807) is 7.11 Å². The quantitative estimate of drug-likeness (QED) is 0.931. The number of aromatic nitrogens is 1. The summed E-state index contributed by atoms with van der Waals surface area (Å²) in [6.45, 7) is 8.82. The van der Waals surface area contributed by atoms with E-state index in [1.807, 2.05) is 13.0 Å². The van der Waals surface area contributed by atoms with Crippen LogP contribution in [0.5, 0.6) is 5.75 Å². The monoisotopic (exact) mass is 274 g/mol. The minimum atomic E-state index is 0.0545. The van der Waals surface area contributed by atoms with Crippen molar-refractivity contribution < 1.29 is 9.26 Å². The lowest BCUT2D eigenvalue weighted by Gasteiger charge is -2.20. The zero-order valence-electron chi connectivity index (χ0n) is 12.8. The van der Waals surface area contributed by atoms with Crippen molar-refractivity contribution in [3.63, 3.8) is 0 Å². The Balaban J connectivity index is 2.64. The van der Waals surface area contributed by atoms with E-state index in [0.29, 0.717) is 12.3 Å². The third-order valence-electron chi connectivity index (χ3n) is 3.50. The molecule has 0 atom stereocenters. The van der Waals surface area contributed by atoms with Crippen molar-refractivity contribution in [2.45, 2.75) is 39.7 Å². The van der Waals surface area contributed by atoms with Gasteiger partial charge in [-0.2, -0.15) is 0 Å². The van der Waals surface area contributed by atoms with Gasteiger partial charge in [-0.15, -0.1) is 0 Å². The van der Waals surface area contributed by atoms with E-state index in [4.69, 9.17) is 15.0 Å². The number of ether oxygens (including phenoxy) is 1. The summed E-state index contributed by atoms with van der Waals surface area (Å²) in [5, 5.41) is 4.02. The van der Waals surface area contributed by atoms with Crippen molar-refractivity contribution in [3.05, 3.63) is 35.0 Å². The summed E-state index contributed by atoms with van der Waals surface area (Å²) in [7, 11) is 1.65. The van der Waals surface area contributed by atoms with Crippen molar-refractivity contribution in [2.24, 2.45) is 5.73 Å². The highest BCUT2D eigenvalue weighted by Crippen LogP contribution is 2.37. The van der Waals surface area contributed by atoms with Gasteiger partial charge in [0.2, 0.25) is 0 Å². The molecule has 0 aliphatic carbocycles. The van der Waals surface area contributed by atoms with Gasteiger partial charge in [0.05, 0.1) is 18.4 Å². The van der Waals surface area contributed by atoms with E-state index in [9.17, 15) is 0 Å². The number of rotatable bonds is 3. The van der Waals surface area contributed by atoms with Crippen LogP contribution in [0.2, 0.25) is 0 Å². The fourth-order valence-electron chi connectivity index (χ4n) is 2.19. The van der Waals surface area contributed by atoms with Crippen molar-refractivity contribution >= 4 is 0 Å². The Morgan fingerprint density at radius 3 is 2.55 bits per heavy atom. The van der Waals surface area contributed by atoms with Crippen LogP contribution < -0.4 is 10.5 Å². The summed E-state index contributed by atoms with van der Waals surface area (Å²) in [4.78, 5) is 0. The average molecular weight is 274 g/mol. The van der Waals surface area contributed by atoms with Gasteiger partial charge in [-0.1, -0.05) is 32.0 Å². The molecule has 0 bridgehead atoms. The molecule has 2 N–H and O–H groups in total. The van der Waals surface area contributed by atoms with Gasteiger partial charge < -0.3 is 15.0 Å². The first-order valence-corrected chi connectivity index (χ1v) is 6.72. The largest absolute Gasteiger partial charge is 0.496 e. The summed E-state index contributed by atoms with van der Waals surface area (Å²) < 4.78 is 10.9. The summed E-state index contributed by atoms with van der Waals surface area (Å²) >= 11 is 0. The van der Waals surface area contributed by atoms with E-state index in [1.165, 1.54) is 5.56 Å². The molecule has 0 spiro atoms. The molecule has 20 heavy (non-hydrogen) atoms. The van der Waals surface area contributed by atoms with Crippen molar-refractivity contribution in [3.8, 4) is 17.1 Å². The predicted octanol–water partition coefficient (Wildman–Crippen LogP) is 3.41. The van der Waals surface area contributed by atoms with Crippen LogP contribution in [0.25, 0.3) is 11.3 Å². The lowest BCUT2D eigenvalue weighted by molar-refractivity contribution is 0.404. The van der Waals surface area contributed by atoms with Gasteiger partial charge in [-0.3, -0.25) is 0 Å². The Morgan fingerprint density at radius 1 is 1.30 bits per heavy atom. The fourth-order valence-corrected chi connectivity index (χ4v) is 2.19. The first-order chi connectivity index (χ1) is 9.38. The lowest BCUT2D eigenvalue weighted by atomic mass is 9.85. The molecule has 108 valence electrons. The van der Waals surface area contributed by atoms with Crippen molar-refractivity contribution in [1.29, 1.82) is 0 Å². The molecular weight excluding hydrogens is 252 g/mol.